The van der Waals surface area contributed by atoms with E-state index in [1.165, 1.54) is 0 Å². The van der Waals surface area contributed by atoms with Gasteiger partial charge < -0.3 is 44.8 Å². The summed E-state index contributed by atoms with van der Waals surface area (Å²) < 4.78 is 16.4. The molecule has 10 heteroatoms. The van der Waals surface area contributed by atoms with E-state index in [-0.39, 0.29) is 36.0 Å². The molecule has 2 saturated heterocycles. The van der Waals surface area contributed by atoms with Crippen molar-refractivity contribution in [2.24, 2.45) is 22.7 Å². The van der Waals surface area contributed by atoms with Gasteiger partial charge in [0.05, 0.1) is 24.9 Å². The fourth-order valence-electron chi connectivity index (χ4n) is 7.01. The largest absolute Gasteiger partial charge is 0.459 e. The van der Waals surface area contributed by atoms with Crippen LogP contribution in [0.1, 0.15) is 46.0 Å². The lowest BCUT2D eigenvalue weighted by Gasteiger charge is -2.60. The molecule has 0 aromatic rings. The van der Waals surface area contributed by atoms with Gasteiger partial charge in [-0.05, 0) is 49.4 Å². The van der Waals surface area contributed by atoms with E-state index in [0.29, 0.717) is 12.8 Å². The third-order valence-corrected chi connectivity index (χ3v) is 9.30. The van der Waals surface area contributed by atoms with Crippen molar-refractivity contribution >= 4 is 5.97 Å². The number of cyclic esters (lactones) is 1. The third kappa shape index (κ3) is 4.67. The number of rotatable bonds is 6. The number of ether oxygens (including phenoxy) is 3. The Morgan fingerprint density at radius 1 is 1.11 bits per heavy atom. The zero-order chi connectivity index (χ0) is 26.4. The van der Waals surface area contributed by atoms with E-state index in [4.69, 9.17) is 14.2 Å². The Morgan fingerprint density at radius 2 is 1.83 bits per heavy atom. The lowest BCUT2D eigenvalue weighted by molar-refractivity contribution is -0.313. The van der Waals surface area contributed by atoms with E-state index in [0.717, 1.165) is 24.8 Å². The van der Waals surface area contributed by atoms with Gasteiger partial charge in [-0.3, -0.25) is 0 Å². The first kappa shape index (κ1) is 27.7. The van der Waals surface area contributed by atoms with Crippen LogP contribution < -0.4 is 0 Å². The van der Waals surface area contributed by atoms with Crippen molar-refractivity contribution in [3.8, 4) is 0 Å². The zero-order valence-electron chi connectivity index (χ0n) is 21.0. The summed E-state index contributed by atoms with van der Waals surface area (Å²) in [6.45, 7) is 7.89. The zero-order valence-corrected chi connectivity index (χ0v) is 21.0. The molecule has 2 heterocycles. The number of aliphatic hydroxyl groups excluding tert-OH is 6. The van der Waals surface area contributed by atoms with Crippen molar-refractivity contribution in [1.29, 1.82) is 0 Å². The number of allylic oxidation sites excluding steroid dienone is 2. The highest BCUT2D eigenvalue weighted by molar-refractivity contribution is 5.91. The van der Waals surface area contributed by atoms with Gasteiger partial charge in [-0.1, -0.05) is 32.1 Å². The van der Waals surface area contributed by atoms with E-state index >= 15 is 0 Å². The van der Waals surface area contributed by atoms with Crippen LogP contribution in [0, 0.1) is 22.7 Å². The molecular weight excluding hydrogens is 472 g/mol. The van der Waals surface area contributed by atoms with Crippen LogP contribution in [-0.4, -0.2) is 99.3 Å². The maximum absolute atomic E-state index is 12.0. The van der Waals surface area contributed by atoms with Gasteiger partial charge in [0.15, 0.2) is 6.29 Å². The molecule has 0 amide bonds. The topological polar surface area (TPSA) is 166 Å². The molecule has 204 valence electrons. The molecule has 2 aliphatic heterocycles. The van der Waals surface area contributed by atoms with E-state index < -0.39 is 60.9 Å². The first-order chi connectivity index (χ1) is 16.9. The van der Waals surface area contributed by atoms with Gasteiger partial charge in [-0.15, -0.1) is 0 Å². The summed E-state index contributed by atoms with van der Waals surface area (Å²) in [5.41, 5.74) is 0.356. The standard InChI is InChI=1S/C26H40O10/c1-13-4-7-18-25(2,15(13)6-5-14-16(28)11-34-23(14)33)9-8-19(29)26(18,3)12-35-24-22(32)21(31)20(30)17(10-27)36-24/h5,15-22,24,27-32H,1,4,6-12H2,2-3H3/b14-5+/t15-,16-,17-,18+,19-,20-,21+,22-,24+,25+,26+/m1/s1. The normalized spacial score (nSPS) is 48.7. The van der Waals surface area contributed by atoms with Crippen LogP contribution in [0.15, 0.2) is 23.8 Å². The predicted octanol–water partition coefficient (Wildman–Crippen LogP) is -0.213. The van der Waals surface area contributed by atoms with Gasteiger partial charge in [0.2, 0.25) is 0 Å². The maximum atomic E-state index is 12.0. The number of carbonyl (C=O) groups is 1. The third-order valence-electron chi connectivity index (χ3n) is 9.30. The Labute approximate surface area is 211 Å². The number of hydrogen-bond acceptors (Lipinski definition) is 10. The summed E-state index contributed by atoms with van der Waals surface area (Å²) in [5, 5.41) is 61.3. The predicted molar refractivity (Wildman–Crippen MR) is 126 cm³/mol. The molecule has 0 bridgehead atoms. The van der Waals surface area contributed by atoms with Crippen molar-refractivity contribution in [3.63, 3.8) is 0 Å². The van der Waals surface area contributed by atoms with E-state index in [9.17, 15) is 35.4 Å². The maximum Gasteiger partial charge on any atom is 0.336 e. The SMILES string of the molecule is C=C1CC[C@@H]2[C@](C)(CO[C@H]3O[C@H](CO)[C@@H](O)[C@H](O)[C@H]3O)[C@H](O)CC[C@@]2(C)[C@@H]1C/C=C1/C(=O)OC[C@H]1O. The summed E-state index contributed by atoms with van der Waals surface area (Å²) in [4.78, 5) is 12.0. The minimum Gasteiger partial charge on any atom is -0.459 e. The second-order valence-electron chi connectivity index (χ2n) is 11.4. The molecule has 10 nitrogen and oxygen atoms in total. The van der Waals surface area contributed by atoms with Gasteiger partial charge >= 0.3 is 5.97 Å². The minimum absolute atomic E-state index is 0.00740. The number of aliphatic hydroxyl groups is 6. The van der Waals surface area contributed by atoms with Crippen LogP contribution >= 0.6 is 0 Å². The molecule has 11 atom stereocenters. The van der Waals surface area contributed by atoms with Crippen molar-refractivity contribution in [1.82, 2.24) is 0 Å². The Hall–Kier alpha value is -1.37. The van der Waals surface area contributed by atoms with Crippen LogP contribution in [0.4, 0.5) is 0 Å². The highest BCUT2D eigenvalue weighted by atomic mass is 16.7. The lowest BCUT2D eigenvalue weighted by Crippen LogP contribution is -2.61. The second-order valence-corrected chi connectivity index (χ2v) is 11.4. The van der Waals surface area contributed by atoms with Crippen molar-refractivity contribution in [2.75, 3.05) is 19.8 Å². The van der Waals surface area contributed by atoms with Crippen molar-refractivity contribution < 1.29 is 49.6 Å². The van der Waals surface area contributed by atoms with Gasteiger partial charge in [0.25, 0.3) is 0 Å². The first-order valence-corrected chi connectivity index (χ1v) is 12.8. The highest BCUT2D eigenvalue weighted by Gasteiger charge is 2.58. The Balaban J connectivity index is 1.54. The molecule has 4 rings (SSSR count). The number of esters is 1. The average Bonchev–Trinajstić information content (AvgIpc) is 3.16. The molecule has 4 aliphatic rings. The smallest absolute Gasteiger partial charge is 0.336 e. The van der Waals surface area contributed by atoms with Crippen LogP contribution in [0.3, 0.4) is 0 Å². The molecule has 6 N–H and O–H groups in total. The molecular formula is C26H40O10. The molecule has 0 radical (unpaired) electrons. The fourth-order valence-corrected chi connectivity index (χ4v) is 7.01. The monoisotopic (exact) mass is 512 g/mol. The van der Waals surface area contributed by atoms with Crippen molar-refractivity contribution in [3.05, 3.63) is 23.8 Å². The van der Waals surface area contributed by atoms with Gasteiger partial charge in [-0.2, -0.15) is 0 Å². The number of hydrogen-bond donors (Lipinski definition) is 6. The summed E-state index contributed by atoms with van der Waals surface area (Å²) in [5.74, 6) is -0.473. The van der Waals surface area contributed by atoms with Crippen LogP contribution in [0.2, 0.25) is 0 Å². The molecule has 4 fully saturated rings. The first-order valence-electron chi connectivity index (χ1n) is 12.8. The lowest BCUT2D eigenvalue weighted by atomic mass is 9.46. The summed E-state index contributed by atoms with van der Waals surface area (Å²) in [7, 11) is 0. The van der Waals surface area contributed by atoms with E-state index in [1.807, 2.05) is 6.92 Å². The summed E-state index contributed by atoms with van der Waals surface area (Å²) >= 11 is 0. The van der Waals surface area contributed by atoms with Crippen LogP contribution in [0.5, 0.6) is 0 Å². The molecule has 0 aromatic carbocycles. The minimum atomic E-state index is -1.54. The molecule has 2 saturated carbocycles. The molecule has 0 spiro atoms. The molecule has 0 unspecified atom stereocenters. The fraction of sp³-hybridized carbons (Fsp3) is 0.808. The Kier molecular flexibility index (Phi) is 8.00. The summed E-state index contributed by atoms with van der Waals surface area (Å²) in [6, 6.07) is 0. The molecule has 2 aliphatic carbocycles. The average molecular weight is 513 g/mol. The van der Waals surface area contributed by atoms with E-state index in [2.05, 4.69) is 13.5 Å². The van der Waals surface area contributed by atoms with Crippen LogP contribution in [-0.2, 0) is 19.0 Å². The Bertz CT molecular complexity index is 873. The van der Waals surface area contributed by atoms with Gasteiger partial charge in [-0.25, -0.2) is 4.79 Å². The number of fused-ring (bicyclic) bond motifs is 1. The molecule has 0 aromatic heterocycles. The summed E-state index contributed by atoms with van der Waals surface area (Å²) in [6.07, 6.45) is -3.42. The van der Waals surface area contributed by atoms with Gasteiger partial charge in [0.1, 0.15) is 37.1 Å². The van der Waals surface area contributed by atoms with E-state index in [1.54, 1.807) is 6.08 Å². The highest BCUT2D eigenvalue weighted by Crippen LogP contribution is 2.62. The molecule has 36 heavy (non-hydrogen) atoms. The van der Waals surface area contributed by atoms with Gasteiger partial charge in [0, 0.05) is 5.41 Å². The quantitative estimate of drug-likeness (QED) is 0.159. The second kappa shape index (κ2) is 10.4. The number of carbonyl (C=O) groups excluding carboxylic acids is 1. The Morgan fingerprint density at radius 3 is 2.47 bits per heavy atom. The van der Waals surface area contributed by atoms with Crippen LogP contribution in [0.25, 0.3) is 0 Å². The van der Waals surface area contributed by atoms with Crippen molar-refractivity contribution in [2.45, 2.75) is 88.9 Å².